The first-order chi connectivity index (χ1) is 16.5. The monoisotopic (exact) mass is 498 g/mol. The minimum absolute atomic E-state index is 0.0373. The van der Waals surface area contributed by atoms with Crippen LogP contribution >= 0.6 is 22.9 Å². The van der Waals surface area contributed by atoms with Gasteiger partial charge in [-0.3, -0.25) is 9.80 Å². The van der Waals surface area contributed by atoms with Crippen LogP contribution in [0.2, 0.25) is 5.02 Å². The van der Waals surface area contributed by atoms with E-state index in [0.717, 1.165) is 38.2 Å². The summed E-state index contributed by atoms with van der Waals surface area (Å²) in [4.78, 5) is 17.1. The second kappa shape index (κ2) is 9.79. The molecule has 176 valence electrons. The highest BCUT2D eigenvalue weighted by molar-refractivity contribution is 7.22. The van der Waals surface area contributed by atoms with Crippen LogP contribution in [-0.2, 0) is 11.3 Å². The first-order valence-electron chi connectivity index (χ1n) is 11.0. The average molecular weight is 499 g/mol. The number of aromatic nitrogens is 3. The first-order valence-corrected chi connectivity index (χ1v) is 12.2. The summed E-state index contributed by atoms with van der Waals surface area (Å²) in [5.41, 5.74) is 9.27. The minimum atomic E-state index is -0.477. The fourth-order valence-corrected chi connectivity index (χ4v) is 5.25. The number of fused-ring (bicyclic) bond motifs is 1. The van der Waals surface area contributed by atoms with Crippen molar-refractivity contribution in [3.63, 3.8) is 0 Å². The number of halogens is 2. The fourth-order valence-electron chi connectivity index (χ4n) is 4.11. The molecule has 1 fully saturated rings. The number of benzene rings is 2. The zero-order valence-electron chi connectivity index (χ0n) is 18.6. The van der Waals surface area contributed by atoms with E-state index < -0.39 is 5.82 Å². The van der Waals surface area contributed by atoms with Crippen molar-refractivity contribution in [1.29, 1.82) is 0 Å². The van der Waals surface area contributed by atoms with Crippen molar-refractivity contribution in [3.05, 3.63) is 65.2 Å². The van der Waals surface area contributed by atoms with Crippen molar-refractivity contribution in [2.75, 3.05) is 30.8 Å². The maximum Gasteiger partial charge on any atom is 0.197 e. The van der Waals surface area contributed by atoms with Crippen LogP contribution in [0.4, 0.5) is 26.7 Å². The van der Waals surface area contributed by atoms with Gasteiger partial charge in [0.25, 0.3) is 0 Å². The Labute approximate surface area is 206 Å². The number of hydrogen-bond donors (Lipinski definition) is 1. The summed E-state index contributed by atoms with van der Waals surface area (Å²) in [7, 11) is 2.11. The van der Waals surface area contributed by atoms with Gasteiger partial charge in [0.2, 0.25) is 0 Å². The number of nitrogen functional groups attached to an aromatic ring is 1. The number of anilines is 4. The zero-order valence-corrected chi connectivity index (χ0v) is 20.2. The second-order valence-corrected chi connectivity index (χ2v) is 9.72. The molecule has 0 amide bonds. The van der Waals surface area contributed by atoms with E-state index in [1.807, 2.05) is 17.0 Å². The Kier molecular flexibility index (Phi) is 6.60. The molecule has 1 saturated heterocycles. The average Bonchev–Trinajstić information content (AvgIpc) is 3.48. The summed E-state index contributed by atoms with van der Waals surface area (Å²) in [6, 6.07) is 12.8. The first kappa shape index (κ1) is 22.9. The van der Waals surface area contributed by atoms with Crippen LogP contribution in [0.3, 0.4) is 0 Å². The summed E-state index contributed by atoms with van der Waals surface area (Å²) in [6.07, 6.45) is 3.97. The molecule has 3 heterocycles. The van der Waals surface area contributed by atoms with E-state index in [1.54, 1.807) is 12.1 Å². The normalized spacial score (nSPS) is 15.9. The van der Waals surface area contributed by atoms with Gasteiger partial charge in [0, 0.05) is 25.4 Å². The van der Waals surface area contributed by atoms with Crippen molar-refractivity contribution in [2.45, 2.75) is 25.5 Å². The number of thiazole rings is 1. The highest BCUT2D eigenvalue weighted by Crippen LogP contribution is 2.40. The Bertz CT molecular complexity index is 1290. The molecule has 0 radical (unpaired) electrons. The molecule has 4 aromatic rings. The van der Waals surface area contributed by atoms with Crippen molar-refractivity contribution >= 4 is 55.6 Å². The molecule has 0 bridgehead atoms. The van der Waals surface area contributed by atoms with E-state index in [9.17, 15) is 4.39 Å². The molecule has 34 heavy (non-hydrogen) atoms. The number of nitrogens with zero attached hydrogens (tertiary/aromatic N) is 5. The van der Waals surface area contributed by atoms with E-state index in [0.29, 0.717) is 33.1 Å². The van der Waals surface area contributed by atoms with Gasteiger partial charge in [0.1, 0.15) is 22.7 Å². The molecule has 2 N–H and O–H groups in total. The van der Waals surface area contributed by atoms with Gasteiger partial charge in [-0.15, -0.1) is 0 Å². The van der Waals surface area contributed by atoms with Gasteiger partial charge in [-0.25, -0.2) is 14.4 Å². The third-order valence-electron chi connectivity index (χ3n) is 5.75. The van der Waals surface area contributed by atoms with Crippen molar-refractivity contribution in [3.8, 4) is 0 Å². The van der Waals surface area contributed by atoms with Crippen molar-refractivity contribution < 1.29 is 9.13 Å². The third-order valence-corrected chi connectivity index (χ3v) is 7.09. The summed E-state index contributed by atoms with van der Waals surface area (Å²) in [6.45, 7) is 2.59. The highest BCUT2D eigenvalue weighted by atomic mass is 35.5. The zero-order chi connectivity index (χ0) is 23.7. The lowest BCUT2D eigenvalue weighted by atomic mass is 10.1. The number of ether oxygens (including phenoxy) is 1. The molecular formula is C24H24ClFN6OS. The van der Waals surface area contributed by atoms with Crippen LogP contribution < -0.4 is 10.6 Å². The van der Waals surface area contributed by atoms with Gasteiger partial charge in [0.05, 0.1) is 16.8 Å². The molecule has 2 aromatic heterocycles. The molecule has 0 unspecified atom stereocenters. The number of hydrogen-bond acceptors (Lipinski definition) is 8. The van der Waals surface area contributed by atoms with Gasteiger partial charge in [-0.2, -0.15) is 4.98 Å². The van der Waals surface area contributed by atoms with E-state index in [1.165, 1.54) is 29.3 Å². The summed E-state index contributed by atoms with van der Waals surface area (Å²) in [5.74, 6) is -0.107. The van der Waals surface area contributed by atoms with Gasteiger partial charge in [0.15, 0.2) is 10.8 Å². The van der Waals surface area contributed by atoms with Crippen molar-refractivity contribution in [1.82, 2.24) is 19.9 Å². The molecule has 1 atom stereocenters. The van der Waals surface area contributed by atoms with Gasteiger partial charge in [-0.1, -0.05) is 35.1 Å². The summed E-state index contributed by atoms with van der Waals surface area (Å²) < 4.78 is 20.3. The molecule has 2 aromatic carbocycles. The quantitative estimate of drug-likeness (QED) is 0.358. The van der Waals surface area contributed by atoms with Crippen LogP contribution in [0.25, 0.3) is 10.3 Å². The maximum absolute atomic E-state index is 13.9. The molecule has 7 nitrogen and oxygen atoms in total. The Morgan fingerprint density at radius 1 is 1.18 bits per heavy atom. The van der Waals surface area contributed by atoms with Gasteiger partial charge in [-0.05, 0) is 55.8 Å². The topological polar surface area (TPSA) is 80.4 Å². The predicted octanol–water partition coefficient (Wildman–Crippen LogP) is 5.54. The molecular weight excluding hydrogens is 475 g/mol. The molecule has 5 rings (SSSR count). The summed E-state index contributed by atoms with van der Waals surface area (Å²) in [5, 5.41) is 0.670. The van der Waals surface area contributed by atoms with Crippen LogP contribution in [0.15, 0.2) is 48.8 Å². The summed E-state index contributed by atoms with van der Waals surface area (Å²) >= 11 is 7.48. The SMILES string of the molecule is CN(Cc1ccc(N(c2ccc(F)c(Cl)c2)c2nc3ncnc(N)c3s2)cc1)C[C@H]1CCCO1. The lowest BCUT2D eigenvalue weighted by Crippen LogP contribution is -2.28. The molecule has 1 aliphatic rings. The largest absolute Gasteiger partial charge is 0.382 e. The van der Waals surface area contributed by atoms with Crippen LogP contribution in [0.5, 0.6) is 0 Å². The smallest absolute Gasteiger partial charge is 0.197 e. The number of nitrogens with two attached hydrogens (primary N) is 1. The predicted molar refractivity (Wildman–Crippen MR) is 135 cm³/mol. The van der Waals surface area contributed by atoms with E-state index in [2.05, 4.69) is 39.0 Å². The molecule has 10 heteroatoms. The van der Waals surface area contributed by atoms with E-state index in [4.69, 9.17) is 22.1 Å². The number of likely N-dealkylation sites (N-methyl/N-ethyl adjacent to an activating group) is 1. The fraction of sp³-hybridized carbons (Fsp3) is 0.292. The molecule has 0 saturated carbocycles. The molecule has 1 aliphatic heterocycles. The Balaban J connectivity index is 1.46. The second-order valence-electron chi connectivity index (χ2n) is 8.34. The van der Waals surface area contributed by atoms with Crippen LogP contribution in [-0.4, -0.2) is 46.2 Å². The third kappa shape index (κ3) is 4.83. The van der Waals surface area contributed by atoms with Crippen molar-refractivity contribution in [2.24, 2.45) is 0 Å². The van der Waals surface area contributed by atoms with Gasteiger partial charge >= 0.3 is 0 Å². The Morgan fingerprint density at radius 3 is 2.68 bits per heavy atom. The number of rotatable bonds is 7. The van der Waals surface area contributed by atoms with E-state index >= 15 is 0 Å². The van der Waals surface area contributed by atoms with Gasteiger partial charge < -0.3 is 10.5 Å². The lowest BCUT2D eigenvalue weighted by Gasteiger charge is -2.24. The van der Waals surface area contributed by atoms with Crippen LogP contribution in [0.1, 0.15) is 18.4 Å². The van der Waals surface area contributed by atoms with E-state index in [-0.39, 0.29) is 5.02 Å². The molecule has 0 spiro atoms. The Morgan fingerprint density at radius 2 is 1.97 bits per heavy atom. The molecule has 0 aliphatic carbocycles. The van der Waals surface area contributed by atoms with Crippen LogP contribution in [0, 0.1) is 5.82 Å². The Hall–Kier alpha value is -2.85. The minimum Gasteiger partial charge on any atom is -0.382 e. The highest BCUT2D eigenvalue weighted by Gasteiger charge is 2.21. The standard InChI is InChI=1S/C24H24ClFN6OS/c1-31(13-18-3-2-10-33-18)12-15-4-6-16(7-5-15)32(17-8-9-20(26)19(25)11-17)24-30-23-21(34-24)22(27)28-14-29-23/h4-9,11,14,18H,2-3,10,12-13H2,1H3,(H2,27,28,29)/t18-/m1/s1. The lowest BCUT2D eigenvalue weighted by molar-refractivity contribution is 0.0793. The maximum atomic E-state index is 13.9.